The average molecular weight is 422 g/mol. The van der Waals surface area contributed by atoms with Crippen molar-refractivity contribution < 1.29 is 27.9 Å². The van der Waals surface area contributed by atoms with Crippen LogP contribution >= 0.6 is 0 Å². The number of pyridine rings is 1. The summed E-state index contributed by atoms with van der Waals surface area (Å²) < 4.78 is 39.9. The zero-order valence-electron chi connectivity index (χ0n) is 16.3. The molecular formula is C21H21F3N2O4. The average Bonchev–Trinajstić information content (AvgIpc) is 3.51. The molecule has 1 aliphatic carbocycles. The molecule has 0 spiro atoms. The second-order valence-corrected chi connectivity index (χ2v) is 7.32. The quantitative estimate of drug-likeness (QED) is 0.715. The number of H-pyrrole nitrogens is 1. The number of carboxylic acid groups (broad SMARTS) is 1. The van der Waals surface area contributed by atoms with Gasteiger partial charge in [0, 0.05) is 30.8 Å². The predicted molar refractivity (Wildman–Crippen MR) is 103 cm³/mol. The van der Waals surface area contributed by atoms with Crippen LogP contribution in [-0.2, 0) is 28.7 Å². The van der Waals surface area contributed by atoms with Gasteiger partial charge in [0.25, 0.3) is 5.56 Å². The first-order chi connectivity index (χ1) is 14.1. The molecule has 0 saturated heterocycles. The van der Waals surface area contributed by atoms with Gasteiger partial charge in [-0.25, -0.2) is 0 Å². The van der Waals surface area contributed by atoms with E-state index >= 15 is 0 Å². The van der Waals surface area contributed by atoms with Gasteiger partial charge in [-0.15, -0.1) is 0 Å². The van der Waals surface area contributed by atoms with Gasteiger partial charge in [-0.1, -0.05) is 6.07 Å². The number of rotatable bonds is 7. The molecule has 0 radical (unpaired) electrons. The van der Waals surface area contributed by atoms with Crippen LogP contribution in [0.4, 0.5) is 13.2 Å². The van der Waals surface area contributed by atoms with E-state index in [1.54, 1.807) is 6.92 Å². The second kappa shape index (κ2) is 8.33. The van der Waals surface area contributed by atoms with E-state index in [2.05, 4.69) is 4.98 Å². The Labute approximate surface area is 170 Å². The Morgan fingerprint density at radius 3 is 2.47 bits per heavy atom. The summed E-state index contributed by atoms with van der Waals surface area (Å²) in [5.74, 6) is -1.32. The van der Waals surface area contributed by atoms with Crippen LogP contribution in [0, 0.1) is 5.92 Å². The van der Waals surface area contributed by atoms with Crippen LogP contribution in [-0.4, -0.2) is 33.4 Å². The Kier molecular flexibility index (Phi) is 6.00. The summed E-state index contributed by atoms with van der Waals surface area (Å²) in [6.45, 7) is 1.99. The maximum Gasteiger partial charge on any atom is 0.416 e. The molecule has 3 rings (SSSR count). The van der Waals surface area contributed by atoms with E-state index in [0.29, 0.717) is 12.1 Å². The standard InChI is InChI=1S/C21H21F3N2O4/c1-2-26(20(30)13-3-4-13)11-14-9-15(21(22,23)24)5-6-16(14)17-7-12(8-18(27)28)10-25-19(17)29/h5-7,9-10,13H,2-4,8,11H2,1H3,(H,25,29)(H,27,28). The van der Waals surface area contributed by atoms with Crippen LogP contribution in [0.25, 0.3) is 11.1 Å². The molecule has 9 heteroatoms. The van der Waals surface area contributed by atoms with Crippen molar-refractivity contribution in [3.63, 3.8) is 0 Å². The minimum absolute atomic E-state index is 0.0624. The van der Waals surface area contributed by atoms with Crippen molar-refractivity contribution in [3.8, 4) is 11.1 Å². The first-order valence-corrected chi connectivity index (χ1v) is 9.52. The maximum absolute atomic E-state index is 13.3. The molecule has 2 aromatic rings. The van der Waals surface area contributed by atoms with Crippen LogP contribution in [0.5, 0.6) is 0 Å². The molecule has 2 N–H and O–H groups in total. The van der Waals surface area contributed by atoms with Gasteiger partial charge in [0.1, 0.15) is 0 Å². The van der Waals surface area contributed by atoms with Crippen molar-refractivity contribution in [1.82, 2.24) is 9.88 Å². The van der Waals surface area contributed by atoms with E-state index in [1.165, 1.54) is 23.2 Å². The van der Waals surface area contributed by atoms with Crippen molar-refractivity contribution in [2.24, 2.45) is 5.92 Å². The lowest BCUT2D eigenvalue weighted by molar-refractivity contribution is -0.138. The Balaban J connectivity index is 2.08. The Morgan fingerprint density at radius 2 is 1.90 bits per heavy atom. The fourth-order valence-electron chi connectivity index (χ4n) is 3.31. The summed E-state index contributed by atoms with van der Waals surface area (Å²) in [6, 6.07) is 4.38. The third-order valence-corrected chi connectivity index (χ3v) is 5.02. The Bertz CT molecular complexity index is 1030. The van der Waals surface area contributed by atoms with E-state index in [4.69, 9.17) is 5.11 Å². The summed E-state index contributed by atoms with van der Waals surface area (Å²) >= 11 is 0. The molecular weight excluding hydrogens is 401 g/mol. The molecule has 0 bridgehead atoms. The number of nitrogens with one attached hydrogen (secondary N) is 1. The minimum atomic E-state index is -4.58. The van der Waals surface area contributed by atoms with Gasteiger partial charge < -0.3 is 15.0 Å². The van der Waals surface area contributed by atoms with Crippen LogP contribution < -0.4 is 5.56 Å². The smallest absolute Gasteiger partial charge is 0.416 e. The van der Waals surface area contributed by atoms with Gasteiger partial charge in [-0.3, -0.25) is 14.4 Å². The number of hydrogen-bond donors (Lipinski definition) is 2. The summed E-state index contributed by atoms with van der Waals surface area (Å²) in [6.07, 6.45) is -2.13. The first-order valence-electron chi connectivity index (χ1n) is 9.52. The van der Waals surface area contributed by atoms with E-state index in [9.17, 15) is 27.6 Å². The number of nitrogens with zero attached hydrogens (tertiary/aromatic N) is 1. The van der Waals surface area contributed by atoms with Gasteiger partial charge in [0.05, 0.1) is 12.0 Å². The monoisotopic (exact) mass is 422 g/mol. The summed E-state index contributed by atoms with van der Waals surface area (Å²) in [7, 11) is 0. The highest BCUT2D eigenvalue weighted by atomic mass is 19.4. The van der Waals surface area contributed by atoms with Gasteiger partial charge >= 0.3 is 12.1 Å². The van der Waals surface area contributed by atoms with Crippen LogP contribution in [0.3, 0.4) is 0 Å². The maximum atomic E-state index is 13.3. The molecule has 1 aromatic carbocycles. The van der Waals surface area contributed by atoms with Crippen LogP contribution in [0.15, 0.2) is 35.3 Å². The van der Waals surface area contributed by atoms with Crippen LogP contribution in [0.1, 0.15) is 36.5 Å². The number of carboxylic acids is 1. The number of alkyl halides is 3. The highest BCUT2D eigenvalue weighted by Crippen LogP contribution is 2.35. The van der Waals surface area contributed by atoms with E-state index in [0.717, 1.165) is 25.0 Å². The molecule has 0 unspecified atom stereocenters. The van der Waals surface area contributed by atoms with E-state index in [1.807, 2.05) is 0 Å². The fraction of sp³-hybridized carbons (Fsp3) is 0.381. The molecule has 0 aliphatic heterocycles. The molecule has 1 amide bonds. The lowest BCUT2D eigenvalue weighted by atomic mass is 9.96. The molecule has 30 heavy (non-hydrogen) atoms. The number of aromatic amines is 1. The number of hydrogen-bond acceptors (Lipinski definition) is 3. The van der Waals surface area contributed by atoms with E-state index < -0.39 is 23.3 Å². The lowest BCUT2D eigenvalue weighted by Gasteiger charge is -2.23. The fourth-order valence-corrected chi connectivity index (χ4v) is 3.31. The van der Waals surface area contributed by atoms with Gasteiger partial charge in [-0.05, 0) is 54.7 Å². The highest BCUT2D eigenvalue weighted by molar-refractivity contribution is 5.81. The molecule has 0 atom stereocenters. The minimum Gasteiger partial charge on any atom is -0.481 e. The van der Waals surface area contributed by atoms with Gasteiger partial charge in [0.15, 0.2) is 0 Å². The third kappa shape index (κ3) is 4.90. The Hall–Kier alpha value is -3.10. The SMILES string of the molecule is CCN(Cc1cc(C(F)(F)F)ccc1-c1cc(CC(=O)O)c[nH]c1=O)C(=O)C1CC1. The predicted octanol–water partition coefficient (Wildman–Crippen LogP) is 3.45. The lowest BCUT2D eigenvalue weighted by Crippen LogP contribution is -2.32. The van der Waals surface area contributed by atoms with Crippen molar-refractivity contribution in [1.29, 1.82) is 0 Å². The zero-order valence-corrected chi connectivity index (χ0v) is 16.3. The van der Waals surface area contributed by atoms with Crippen molar-refractivity contribution >= 4 is 11.9 Å². The van der Waals surface area contributed by atoms with Crippen molar-refractivity contribution in [2.45, 2.75) is 38.9 Å². The number of aliphatic carboxylic acids is 1. The topological polar surface area (TPSA) is 90.5 Å². The summed E-state index contributed by atoms with van der Waals surface area (Å²) in [5.41, 5.74) is -0.648. The number of carbonyl (C=O) groups excluding carboxylic acids is 1. The molecule has 1 fully saturated rings. The largest absolute Gasteiger partial charge is 0.481 e. The zero-order chi connectivity index (χ0) is 22.1. The molecule has 1 heterocycles. The molecule has 6 nitrogen and oxygen atoms in total. The number of halogens is 3. The normalized spacial score (nSPS) is 13.9. The van der Waals surface area contributed by atoms with E-state index in [-0.39, 0.29) is 41.5 Å². The number of amides is 1. The summed E-state index contributed by atoms with van der Waals surface area (Å²) in [5, 5.41) is 8.99. The Morgan fingerprint density at radius 1 is 1.20 bits per heavy atom. The second-order valence-electron chi connectivity index (χ2n) is 7.32. The molecule has 160 valence electrons. The highest BCUT2D eigenvalue weighted by Gasteiger charge is 2.34. The summed E-state index contributed by atoms with van der Waals surface area (Å²) in [4.78, 5) is 39.8. The molecule has 1 saturated carbocycles. The van der Waals surface area contributed by atoms with Crippen molar-refractivity contribution in [3.05, 3.63) is 57.5 Å². The van der Waals surface area contributed by atoms with Gasteiger partial charge in [0.2, 0.25) is 5.91 Å². The molecule has 1 aromatic heterocycles. The molecule has 1 aliphatic rings. The van der Waals surface area contributed by atoms with Crippen LogP contribution in [0.2, 0.25) is 0 Å². The number of carbonyl (C=O) groups is 2. The third-order valence-electron chi connectivity index (χ3n) is 5.02. The first kappa shape index (κ1) is 21.6. The van der Waals surface area contributed by atoms with Crippen molar-refractivity contribution in [2.75, 3.05) is 6.54 Å². The van der Waals surface area contributed by atoms with Gasteiger partial charge in [-0.2, -0.15) is 13.2 Å². The number of benzene rings is 1. The number of aromatic nitrogens is 1.